The molecule has 170 valence electrons. The van der Waals surface area contributed by atoms with Crippen LogP contribution in [0.2, 0.25) is 5.02 Å². The van der Waals surface area contributed by atoms with Crippen molar-refractivity contribution in [3.63, 3.8) is 0 Å². The summed E-state index contributed by atoms with van der Waals surface area (Å²) in [7, 11) is 2.21. The van der Waals surface area contributed by atoms with Crippen molar-refractivity contribution in [2.45, 2.75) is 57.5 Å². The van der Waals surface area contributed by atoms with E-state index in [4.69, 9.17) is 16.7 Å². The molecule has 5 nitrogen and oxygen atoms in total. The summed E-state index contributed by atoms with van der Waals surface area (Å²) in [6.07, 6.45) is 7.63. The van der Waals surface area contributed by atoms with Gasteiger partial charge >= 0.3 is 0 Å². The molecule has 0 unspecified atom stereocenters. The number of fused-ring (bicyclic) bond motifs is 1. The number of nitrogens with one attached hydrogen (secondary N) is 1. The van der Waals surface area contributed by atoms with Crippen molar-refractivity contribution in [1.82, 2.24) is 20.0 Å². The zero-order chi connectivity index (χ0) is 22.5. The van der Waals surface area contributed by atoms with Crippen molar-refractivity contribution in [3.05, 3.63) is 53.6 Å². The Bertz CT molecular complexity index is 1040. The molecule has 2 aromatic carbocycles. The summed E-state index contributed by atoms with van der Waals surface area (Å²) < 4.78 is 1.82. The number of hydrogen-bond donors (Lipinski definition) is 1. The van der Waals surface area contributed by atoms with Crippen molar-refractivity contribution in [2.24, 2.45) is 0 Å². The highest BCUT2D eigenvalue weighted by Gasteiger charge is 2.22. The van der Waals surface area contributed by atoms with Crippen molar-refractivity contribution in [2.75, 3.05) is 20.1 Å². The Morgan fingerprint density at radius 1 is 1.19 bits per heavy atom. The first-order valence-electron chi connectivity index (χ1n) is 11.8. The van der Waals surface area contributed by atoms with Crippen molar-refractivity contribution < 1.29 is 4.79 Å². The maximum Gasteiger partial charge on any atom is 0.244 e. The lowest BCUT2D eigenvalue weighted by Gasteiger charge is -2.31. The van der Waals surface area contributed by atoms with Crippen LogP contribution in [-0.4, -0.2) is 46.8 Å². The molecule has 1 fully saturated rings. The summed E-state index contributed by atoms with van der Waals surface area (Å²) >= 11 is 6.28. The maximum absolute atomic E-state index is 12.9. The van der Waals surface area contributed by atoms with Crippen LogP contribution in [0, 0.1) is 0 Å². The molecule has 0 radical (unpaired) electrons. The summed E-state index contributed by atoms with van der Waals surface area (Å²) in [6, 6.07) is 16.0. The SMILES string of the molecule is C[C@@H](C(=O)NCCCN(C)C1CCCCC1)n1nc(-c2ccccc2)c2cc(Cl)ccc21. The lowest BCUT2D eigenvalue weighted by Crippen LogP contribution is -2.37. The number of carbonyl (C=O) groups excluding carboxylic acids is 1. The van der Waals surface area contributed by atoms with E-state index in [1.54, 1.807) is 0 Å². The molecule has 0 saturated heterocycles. The van der Waals surface area contributed by atoms with Crippen LogP contribution in [0.5, 0.6) is 0 Å². The van der Waals surface area contributed by atoms with Gasteiger partial charge in [0.1, 0.15) is 11.7 Å². The Hall–Kier alpha value is -2.37. The molecule has 1 amide bonds. The van der Waals surface area contributed by atoms with Gasteiger partial charge in [-0.25, -0.2) is 0 Å². The minimum Gasteiger partial charge on any atom is -0.354 e. The molecule has 1 aliphatic carbocycles. The molecule has 0 spiro atoms. The van der Waals surface area contributed by atoms with Crippen LogP contribution in [0.15, 0.2) is 48.5 Å². The number of aromatic nitrogens is 2. The third kappa shape index (κ3) is 5.16. The van der Waals surface area contributed by atoms with Crippen LogP contribution >= 0.6 is 11.6 Å². The van der Waals surface area contributed by atoms with Crippen LogP contribution in [0.1, 0.15) is 51.5 Å². The number of benzene rings is 2. The molecular formula is C26H33ClN4O. The number of amides is 1. The van der Waals surface area contributed by atoms with E-state index in [2.05, 4.69) is 17.3 Å². The Labute approximate surface area is 195 Å². The Morgan fingerprint density at radius 3 is 2.69 bits per heavy atom. The van der Waals surface area contributed by atoms with Gasteiger partial charge in [0, 0.05) is 28.6 Å². The summed E-state index contributed by atoms with van der Waals surface area (Å²) in [5, 5.41) is 9.56. The van der Waals surface area contributed by atoms with Crippen molar-refractivity contribution in [3.8, 4) is 11.3 Å². The Morgan fingerprint density at radius 2 is 1.94 bits per heavy atom. The van der Waals surface area contributed by atoms with Gasteiger partial charge in [0.2, 0.25) is 5.91 Å². The van der Waals surface area contributed by atoms with E-state index in [1.165, 1.54) is 32.1 Å². The monoisotopic (exact) mass is 452 g/mol. The first-order chi connectivity index (χ1) is 15.5. The molecule has 6 heteroatoms. The van der Waals surface area contributed by atoms with Crippen LogP contribution in [0.4, 0.5) is 0 Å². The topological polar surface area (TPSA) is 50.2 Å². The van der Waals surface area contributed by atoms with Gasteiger partial charge in [-0.05, 0) is 58.0 Å². The molecule has 0 bridgehead atoms. The van der Waals surface area contributed by atoms with E-state index < -0.39 is 6.04 Å². The largest absolute Gasteiger partial charge is 0.354 e. The fourth-order valence-electron chi connectivity index (χ4n) is 4.72. The second-order valence-corrected chi connectivity index (χ2v) is 9.35. The van der Waals surface area contributed by atoms with Gasteiger partial charge in [-0.2, -0.15) is 5.10 Å². The third-order valence-corrected chi connectivity index (χ3v) is 6.88. The predicted molar refractivity (Wildman–Crippen MR) is 132 cm³/mol. The number of halogens is 1. The molecule has 1 atom stereocenters. The molecule has 32 heavy (non-hydrogen) atoms. The number of nitrogens with zero attached hydrogens (tertiary/aromatic N) is 3. The molecule has 3 aromatic rings. The van der Waals surface area contributed by atoms with Gasteiger partial charge in [0.05, 0.1) is 5.52 Å². The second-order valence-electron chi connectivity index (χ2n) is 8.91. The molecule has 4 rings (SSSR count). The van der Waals surface area contributed by atoms with Gasteiger partial charge in [0.25, 0.3) is 0 Å². The fraction of sp³-hybridized carbons (Fsp3) is 0.462. The average Bonchev–Trinajstić information content (AvgIpc) is 3.20. The van der Waals surface area contributed by atoms with E-state index in [1.807, 2.05) is 60.1 Å². The molecule has 0 aliphatic heterocycles. The average molecular weight is 453 g/mol. The molecule has 1 aromatic heterocycles. The summed E-state index contributed by atoms with van der Waals surface area (Å²) in [5.41, 5.74) is 2.77. The van der Waals surface area contributed by atoms with Gasteiger partial charge in [-0.3, -0.25) is 9.48 Å². The van der Waals surface area contributed by atoms with Gasteiger partial charge in [-0.1, -0.05) is 61.2 Å². The van der Waals surface area contributed by atoms with Crippen LogP contribution in [0.3, 0.4) is 0 Å². The molecule has 1 saturated carbocycles. The molecule has 1 N–H and O–H groups in total. The minimum absolute atomic E-state index is 0.00992. The first kappa shape index (κ1) is 22.8. The molecule has 1 heterocycles. The lowest BCUT2D eigenvalue weighted by molar-refractivity contribution is -0.124. The maximum atomic E-state index is 12.9. The Balaban J connectivity index is 1.42. The smallest absolute Gasteiger partial charge is 0.244 e. The highest BCUT2D eigenvalue weighted by Crippen LogP contribution is 2.31. The molecule has 1 aliphatic rings. The van der Waals surface area contributed by atoms with Crippen LogP contribution in [0.25, 0.3) is 22.2 Å². The van der Waals surface area contributed by atoms with E-state index in [0.717, 1.165) is 35.1 Å². The number of rotatable bonds is 8. The second kappa shape index (κ2) is 10.5. The summed E-state index contributed by atoms with van der Waals surface area (Å²) in [6.45, 7) is 3.59. The van der Waals surface area contributed by atoms with Crippen LogP contribution < -0.4 is 5.32 Å². The Kier molecular flexibility index (Phi) is 7.48. The standard InChI is InChI=1S/C26H33ClN4O/c1-19(26(32)28-16-9-17-30(2)22-12-7-4-8-13-22)31-24-15-14-21(27)18-23(24)25(29-31)20-10-5-3-6-11-20/h3,5-6,10-11,14-15,18-19,22H,4,7-9,12-13,16-17H2,1-2H3,(H,28,32)/t19-/m0/s1. The number of hydrogen-bond acceptors (Lipinski definition) is 3. The minimum atomic E-state index is -0.410. The van der Waals surface area contributed by atoms with E-state index in [-0.39, 0.29) is 5.91 Å². The highest BCUT2D eigenvalue weighted by atomic mass is 35.5. The highest BCUT2D eigenvalue weighted by molar-refractivity contribution is 6.31. The van der Waals surface area contributed by atoms with Gasteiger partial charge in [-0.15, -0.1) is 0 Å². The van der Waals surface area contributed by atoms with Crippen molar-refractivity contribution in [1.29, 1.82) is 0 Å². The van der Waals surface area contributed by atoms with Crippen LogP contribution in [-0.2, 0) is 4.79 Å². The quantitative estimate of drug-likeness (QED) is 0.447. The summed E-state index contributed by atoms with van der Waals surface area (Å²) in [5.74, 6) is -0.00992. The van der Waals surface area contributed by atoms with E-state index in [9.17, 15) is 4.79 Å². The lowest BCUT2D eigenvalue weighted by atomic mass is 9.94. The predicted octanol–water partition coefficient (Wildman–Crippen LogP) is 5.69. The molecular weight excluding hydrogens is 420 g/mol. The van der Waals surface area contributed by atoms with Gasteiger partial charge < -0.3 is 10.2 Å². The van der Waals surface area contributed by atoms with Gasteiger partial charge in [0.15, 0.2) is 0 Å². The fourth-order valence-corrected chi connectivity index (χ4v) is 4.89. The first-order valence-corrected chi connectivity index (χ1v) is 12.1. The number of carbonyl (C=O) groups is 1. The zero-order valence-electron chi connectivity index (χ0n) is 19.1. The van der Waals surface area contributed by atoms with Crippen molar-refractivity contribution >= 4 is 28.4 Å². The zero-order valence-corrected chi connectivity index (χ0v) is 19.8. The normalized spacial score (nSPS) is 15.9. The third-order valence-electron chi connectivity index (χ3n) is 6.65. The van der Waals surface area contributed by atoms with E-state index in [0.29, 0.717) is 17.6 Å². The summed E-state index contributed by atoms with van der Waals surface area (Å²) in [4.78, 5) is 15.4. The van der Waals surface area contributed by atoms with E-state index >= 15 is 0 Å².